The van der Waals surface area contributed by atoms with Gasteiger partial charge in [-0.2, -0.15) is 0 Å². The molecule has 31 heavy (non-hydrogen) atoms. The van der Waals surface area contributed by atoms with E-state index in [1.807, 2.05) is 60.7 Å². The van der Waals surface area contributed by atoms with Crippen LogP contribution < -0.4 is 0 Å². The van der Waals surface area contributed by atoms with Crippen molar-refractivity contribution >= 4 is 5.97 Å². The van der Waals surface area contributed by atoms with Gasteiger partial charge in [-0.3, -0.25) is 10.1 Å². The number of esters is 1. The Kier molecular flexibility index (Phi) is 8.28. The molecule has 0 saturated carbocycles. The van der Waals surface area contributed by atoms with Gasteiger partial charge in [0.25, 0.3) is 0 Å². The first-order valence-corrected chi connectivity index (χ1v) is 9.91. The van der Waals surface area contributed by atoms with Crippen LogP contribution in [0.2, 0.25) is 0 Å². The molecule has 0 saturated heterocycles. The van der Waals surface area contributed by atoms with Gasteiger partial charge in [0.2, 0.25) is 0 Å². The van der Waals surface area contributed by atoms with Crippen LogP contribution in [0.25, 0.3) is 0 Å². The van der Waals surface area contributed by atoms with E-state index in [1.54, 1.807) is 6.08 Å². The van der Waals surface area contributed by atoms with Crippen molar-refractivity contribution in [1.29, 1.82) is 0 Å². The molecule has 164 valence electrons. The molecule has 0 amide bonds. The lowest BCUT2D eigenvalue weighted by atomic mass is 10.0. The Bertz CT molecular complexity index is 872. The molecular formula is C23H25NO7. The number of methoxy groups -OCH3 is 1. The minimum Gasteiger partial charge on any atom is -0.464 e. The van der Waals surface area contributed by atoms with Crippen LogP contribution >= 0.6 is 0 Å². The van der Waals surface area contributed by atoms with Gasteiger partial charge in [0.05, 0.1) is 26.9 Å². The molecule has 0 fully saturated rings. The smallest absolute Gasteiger partial charge is 0.384 e. The number of hydrogen-bond acceptors (Lipinski definition) is 7. The second-order valence-electron chi connectivity index (χ2n) is 7.04. The van der Waals surface area contributed by atoms with Gasteiger partial charge >= 0.3 is 12.0 Å². The molecule has 2 aromatic carbocycles. The van der Waals surface area contributed by atoms with E-state index in [4.69, 9.17) is 14.2 Å². The van der Waals surface area contributed by atoms with Crippen LogP contribution in [0.3, 0.4) is 0 Å². The number of carbonyl (C=O) groups excluding carboxylic acids is 1. The first-order valence-electron chi connectivity index (χ1n) is 9.91. The monoisotopic (exact) mass is 427 g/mol. The molecule has 0 radical (unpaired) electrons. The number of rotatable bonds is 10. The first kappa shape index (κ1) is 22.6. The quantitative estimate of drug-likeness (QED) is 0.249. The van der Waals surface area contributed by atoms with Crippen molar-refractivity contribution in [2.45, 2.75) is 37.6 Å². The Hall–Kier alpha value is -3.07. The molecule has 1 unspecified atom stereocenters. The molecule has 0 aliphatic carbocycles. The highest BCUT2D eigenvalue weighted by molar-refractivity contribution is 5.75. The number of nitrogens with zero attached hydrogens (tertiary/aromatic N) is 1. The van der Waals surface area contributed by atoms with Crippen LogP contribution in [0.15, 0.2) is 72.8 Å². The SMILES string of the molecule is COC(=O)C([C@@H]1C=C[C@H](OCc2ccccc2)[C@@H](COCc2ccccc2)O1)[N+](=O)[O-]. The van der Waals surface area contributed by atoms with Crippen molar-refractivity contribution in [3.63, 3.8) is 0 Å². The van der Waals surface area contributed by atoms with E-state index in [-0.39, 0.29) is 6.61 Å². The van der Waals surface area contributed by atoms with E-state index >= 15 is 0 Å². The lowest BCUT2D eigenvalue weighted by Gasteiger charge is -2.32. The summed E-state index contributed by atoms with van der Waals surface area (Å²) in [5.41, 5.74) is 1.98. The second kappa shape index (κ2) is 11.4. The average Bonchev–Trinajstić information content (AvgIpc) is 2.79. The summed E-state index contributed by atoms with van der Waals surface area (Å²) in [5, 5.41) is 11.4. The maximum atomic E-state index is 11.9. The molecule has 0 N–H and O–H groups in total. The van der Waals surface area contributed by atoms with Crippen molar-refractivity contribution in [3.8, 4) is 0 Å². The van der Waals surface area contributed by atoms with Gasteiger partial charge in [0, 0.05) is 4.92 Å². The molecule has 4 atom stereocenters. The van der Waals surface area contributed by atoms with Crippen molar-refractivity contribution in [2.75, 3.05) is 13.7 Å². The minimum atomic E-state index is -1.66. The molecule has 0 spiro atoms. The molecule has 3 rings (SSSR count). The highest BCUT2D eigenvalue weighted by Gasteiger charge is 2.43. The fourth-order valence-corrected chi connectivity index (χ4v) is 3.24. The normalized spacial score (nSPS) is 21.4. The van der Waals surface area contributed by atoms with Crippen LogP contribution in [0, 0.1) is 10.1 Å². The van der Waals surface area contributed by atoms with Gasteiger partial charge in [-0.05, 0) is 17.2 Å². The lowest BCUT2D eigenvalue weighted by Crippen LogP contribution is -2.49. The van der Waals surface area contributed by atoms with Gasteiger partial charge in [-0.1, -0.05) is 66.7 Å². The molecule has 1 aliphatic heterocycles. The summed E-state index contributed by atoms with van der Waals surface area (Å²) in [4.78, 5) is 22.6. The zero-order valence-electron chi connectivity index (χ0n) is 17.2. The fourth-order valence-electron chi connectivity index (χ4n) is 3.24. The zero-order valence-corrected chi connectivity index (χ0v) is 17.2. The third-order valence-electron chi connectivity index (χ3n) is 4.85. The molecular weight excluding hydrogens is 402 g/mol. The Morgan fingerprint density at radius 1 is 1.03 bits per heavy atom. The summed E-state index contributed by atoms with van der Waals surface area (Å²) in [6.07, 6.45) is 0.969. The molecule has 0 bridgehead atoms. The summed E-state index contributed by atoms with van der Waals surface area (Å²) in [5.74, 6) is -0.966. The fraction of sp³-hybridized carbons (Fsp3) is 0.348. The Morgan fingerprint density at radius 3 is 2.23 bits per heavy atom. The van der Waals surface area contributed by atoms with E-state index < -0.39 is 35.2 Å². The highest BCUT2D eigenvalue weighted by atomic mass is 16.6. The number of benzene rings is 2. The number of hydrogen-bond donors (Lipinski definition) is 0. The molecule has 1 heterocycles. The summed E-state index contributed by atoms with van der Waals surface area (Å²) < 4.78 is 22.2. The maximum absolute atomic E-state index is 11.9. The zero-order chi connectivity index (χ0) is 22.1. The third-order valence-corrected chi connectivity index (χ3v) is 4.85. The molecule has 2 aromatic rings. The predicted octanol–water partition coefficient (Wildman–Crippen LogP) is 2.93. The Balaban J connectivity index is 1.69. The molecule has 0 aromatic heterocycles. The van der Waals surface area contributed by atoms with E-state index in [0.717, 1.165) is 18.2 Å². The molecule has 8 nitrogen and oxygen atoms in total. The van der Waals surface area contributed by atoms with Gasteiger partial charge in [-0.25, -0.2) is 4.79 Å². The molecule has 1 aliphatic rings. The van der Waals surface area contributed by atoms with Crippen molar-refractivity contribution in [2.24, 2.45) is 0 Å². The van der Waals surface area contributed by atoms with E-state index in [9.17, 15) is 14.9 Å². The topological polar surface area (TPSA) is 97.1 Å². The number of ether oxygens (including phenoxy) is 4. The van der Waals surface area contributed by atoms with Crippen LogP contribution in [0.1, 0.15) is 11.1 Å². The van der Waals surface area contributed by atoms with Crippen LogP contribution in [0.5, 0.6) is 0 Å². The standard InChI is InChI=1S/C23H25NO7/c1-28-23(25)22(24(26)27)20-13-12-19(30-15-18-10-6-3-7-11-18)21(31-20)16-29-14-17-8-4-2-5-9-17/h2-13,19-22H,14-16H2,1H3/t19-,20-,21+,22?/m0/s1. The lowest BCUT2D eigenvalue weighted by molar-refractivity contribution is -0.521. The van der Waals surface area contributed by atoms with Gasteiger partial charge in [-0.15, -0.1) is 0 Å². The summed E-state index contributed by atoms with van der Waals surface area (Å²) in [7, 11) is 1.11. The largest absolute Gasteiger partial charge is 0.464 e. The first-order chi connectivity index (χ1) is 15.1. The number of nitro groups is 1. The van der Waals surface area contributed by atoms with E-state index in [0.29, 0.717) is 13.2 Å². The highest BCUT2D eigenvalue weighted by Crippen LogP contribution is 2.22. The van der Waals surface area contributed by atoms with E-state index in [2.05, 4.69) is 4.74 Å². The van der Waals surface area contributed by atoms with Crippen molar-refractivity contribution < 1.29 is 28.7 Å². The minimum absolute atomic E-state index is 0.140. The average molecular weight is 427 g/mol. The van der Waals surface area contributed by atoms with Gasteiger partial charge in [0.15, 0.2) is 6.10 Å². The van der Waals surface area contributed by atoms with Crippen molar-refractivity contribution in [1.82, 2.24) is 0 Å². The molecule has 8 heteroatoms. The predicted molar refractivity (Wildman–Crippen MR) is 112 cm³/mol. The Labute approximate surface area is 180 Å². The third kappa shape index (κ3) is 6.45. The maximum Gasteiger partial charge on any atom is 0.384 e. The van der Waals surface area contributed by atoms with Crippen molar-refractivity contribution in [3.05, 3.63) is 94.1 Å². The summed E-state index contributed by atoms with van der Waals surface area (Å²) >= 11 is 0. The summed E-state index contributed by atoms with van der Waals surface area (Å²) in [6.45, 7) is 0.839. The summed E-state index contributed by atoms with van der Waals surface area (Å²) in [6, 6.07) is 17.6. The van der Waals surface area contributed by atoms with Gasteiger partial charge < -0.3 is 18.9 Å². The Morgan fingerprint density at radius 2 is 1.65 bits per heavy atom. The van der Waals surface area contributed by atoms with E-state index in [1.165, 1.54) is 6.08 Å². The van der Waals surface area contributed by atoms with Crippen LogP contribution in [0.4, 0.5) is 0 Å². The second-order valence-corrected chi connectivity index (χ2v) is 7.04. The number of carbonyl (C=O) groups is 1. The van der Waals surface area contributed by atoms with Gasteiger partial charge in [0.1, 0.15) is 12.2 Å². The van der Waals surface area contributed by atoms with Crippen LogP contribution in [-0.4, -0.2) is 49.0 Å². The van der Waals surface area contributed by atoms with Crippen LogP contribution in [-0.2, 0) is 37.0 Å².